The summed E-state index contributed by atoms with van der Waals surface area (Å²) in [6, 6.07) is 0. The molecule has 9 heteroatoms. The number of nitrogens with two attached hydrogens (primary N) is 1. The van der Waals surface area contributed by atoms with Gasteiger partial charge in [0.2, 0.25) is 0 Å². The first-order valence-electron chi connectivity index (χ1n) is 5.93. The second-order valence-corrected chi connectivity index (χ2v) is 7.11. The van der Waals surface area contributed by atoms with Gasteiger partial charge in [-0.1, -0.05) is 0 Å². The number of carbonyl (C=O) groups is 1. The van der Waals surface area contributed by atoms with Crippen LogP contribution in [0.25, 0.3) is 0 Å². The normalized spacial score (nSPS) is 12.4. The number of amides is 1. The number of nitrogen functional groups attached to an aromatic ring is 1. The number of aromatic nitrogens is 1. The van der Waals surface area contributed by atoms with Crippen LogP contribution in [0, 0.1) is 6.92 Å². The molecule has 4 N–H and O–H groups in total. The summed E-state index contributed by atoms with van der Waals surface area (Å²) in [4.78, 5) is 26.5. The number of nitrogens with one attached hydrogen (secondary N) is 1. The van der Waals surface area contributed by atoms with Crippen molar-refractivity contribution in [1.82, 2.24) is 10.3 Å². The monoisotopic (exact) mass is 309 g/mol. The zero-order chi connectivity index (χ0) is 14.5. The van der Waals surface area contributed by atoms with Crippen molar-refractivity contribution in [3.63, 3.8) is 0 Å². The van der Waals surface area contributed by atoms with Gasteiger partial charge in [-0.25, -0.2) is 0 Å². The van der Waals surface area contributed by atoms with Crippen molar-refractivity contribution in [3.8, 4) is 0 Å². The summed E-state index contributed by atoms with van der Waals surface area (Å²) in [5, 5.41) is 2.94. The van der Waals surface area contributed by atoms with Gasteiger partial charge in [-0.3, -0.25) is 0 Å². The molecule has 1 rings (SSSR count). The number of aryl methyl sites for hydroxylation is 1. The second kappa shape index (κ2) is 7.12. The number of thiazole rings is 1. The zero-order valence-corrected chi connectivity index (χ0v) is 13.0. The average molecular weight is 309 g/mol. The van der Waals surface area contributed by atoms with Crippen LogP contribution < -0.4 is 11.1 Å². The van der Waals surface area contributed by atoms with Gasteiger partial charge >= 0.3 is 116 Å². The Morgan fingerprint density at radius 3 is 2.47 bits per heavy atom. The van der Waals surface area contributed by atoms with Crippen LogP contribution in [-0.4, -0.2) is 35.3 Å². The van der Waals surface area contributed by atoms with Crippen molar-refractivity contribution in [2.45, 2.75) is 20.8 Å². The summed E-state index contributed by atoms with van der Waals surface area (Å²) in [6.07, 6.45) is -0.0369. The first kappa shape index (κ1) is 16.3. The molecule has 0 aromatic carbocycles. The number of hydrogen-bond donors (Lipinski definition) is 3. The van der Waals surface area contributed by atoms with E-state index < -0.39 is 7.94 Å². The minimum absolute atomic E-state index is 0.0369. The van der Waals surface area contributed by atoms with Crippen molar-refractivity contribution >= 4 is 30.3 Å². The van der Waals surface area contributed by atoms with Crippen LogP contribution >= 0.6 is 19.3 Å². The Labute approximate surface area is 116 Å². The molecule has 0 aliphatic rings. The fourth-order valence-corrected chi connectivity index (χ4v) is 3.82. The molecule has 0 aliphatic heterocycles. The standard InChI is InChI=1S/C10H20N3O4PS/c1-4-16-18(15,17-5-2)6-12-9(14)8-7(3)13-10(11)19-8/h15,18H,4-6H2,1-3H3,(H2,11,13)(H,12,14). The van der Waals surface area contributed by atoms with E-state index in [-0.39, 0.29) is 12.2 Å². The molecule has 1 heterocycles. The van der Waals surface area contributed by atoms with E-state index in [0.717, 1.165) is 11.3 Å². The van der Waals surface area contributed by atoms with Gasteiger partial charge in [0.05, 0.1) is 0 Å². The summed E-state index contributed by atoms with van der Waals surface area (Å²) in [5.74, 6) is -0.336. The predicted molar refractivity (Wildman–Crippen MR) is 77.4 cm³/mol. The third kappa shape index (κ3) is 4.67. The molecule has 0 fully saturated rings. The van der Waals surface area contributed by atoms with E-state index >= 15 is 0 Å². The van der Waals surface area contributed by atoms with E-state index in [2.05, 4.69) is 10.3 Å². The summed E-state index contributed by atoms with van der Waals surface area (Å²) in [6.45, 7) is 5.87. The quantitative estimate of drug-likeness (QED) is 0.655. The second-order valence-electron chi connectivity index (χ2n) is 3.73. The number of anilines is 1. The Morgan fingerprint density at radius 2 is 2.05 bits per heavy atom. The van der Waals surface area contributed by atoms with Gasteiger partial charge in [0.25, 0.3) is 0 Å². The van der Waals surface area contributed by atoms with Crippen LogP contribution in [0.2, 0.25) is 0 Å². The van der Waals surface area contributed by atoms with E-state index in [4.69, 9.17) is 14.8 Å². The van der Waals surface area contributed by atoms with E-state index in [1.54, 1.807) is 20.8 Å². The molecule has 0 radical (unpaired) electrons. The molecular weight excluding hydrogens is 289 g/mol. The third-order valence-electron chi connectivity index (χ3n) is 2.23. The molecule has 1 amide bonds. The minimum atomic E-state index is -3.33. The van der Waals surface area contributed by atoms with Crippen LogP contribution in [0.4, 0.5) is 5.13 Å². The molecule has 0 aliphatic carbocycles. The molecule has 0 saturated heterocycles. The summed E-state index contributed by atoms with van der Waals surface area (Å²) < 4.78 is 10.4. The van der Waals surface area contributed by atoms with Gasteiger partial charge in [-0.2, -0.15) is 0 Å². The topological polar surface area (TPSA) is 107 Å². The molecule has 0 atom stereocenters. The molecule has 0 spiro atoms. The van der Waals surface area contributed by atoms with E-state index in [0.29, 0.717) is 28.9 Å². The number of nitrogens with zero attached hydrogens (tertiary/aromatic N) is 1. The number of hydrogen-bond acceptors (Lipinski definition) is 7. The van der Waals surface area contributed by atoms with Crippen LogP contribution in [-0.2, 0) is 9.05 Å². The first-order chi connectivity index (χ1) is 8.91. The molecule has 1 aromatic heterocycles. The van der Waals surface area contributed by atoms with Crippen LogP contribution in [0.1, 0.15) is 29.2 Å². The molecular formula is C10H20N3O4PS. The van der Waals surface area contributed by atoms with Crippen molar-refractivity contribution in [3.05, 3.63) is 10.6 Å². The Morgan fingerprint density at radius 1 is 1.47 bits per heavy atom. The van der Waals surface area contributed by atoms with Crippen molar-refractivity contribution < 1.29 is 18.7 Å². The van der Waals surface area contributed by atoms with E-state index in [9.17, 15) is 9.69 Å². The molecule has 0 saturated carbocycles. The van der Waals surface area contributed by atoms with Gasteiger partial charge < -0.3 is 0 Å². The summed E-state index contributed by atoms with van der Waals surface area (Å²) in [7, 11) is -3.33. The predicted octanol–water partition coefficient (Wildman–Crippen LogP) is 1.28. The van der Waals surface area contributed by atoms with Gasteiger partial charge in [0.15, 0.2) is 0 Å². The molecule has 7 nitrogen and oxygen atoms in total. The summed E-state index contributed by atoms with van der Waals surface area (Å²) in [5.41, 5.74) is 6.10. The molecule has 1 aromatic rings. The van der Waals surface area contributed by atoms with Crippen molar-refractivity contribution in [1.29, 1.82) is 0 Å². The Kier molecular flexibility index (Phi) is 6.09. The molecule has 110 valence electrons. The Balaban J connectivity index is 2.64. The molecule has 0 bridgehead atoms. The fraction of sp³-hybridized carbons (Fsp3) is 0.600. The zero-order valence-electron chi connectivity index (χ0n) is 11.2. The third-order valence-corrected chi connectivity index (χ3v) is 5.32. The summed E-state index contributed by atoms with van der Waals surface area (Å²) >= 11 is 1.11. The van der Waals surface area contributed by atoms with Crippen LogP contribution in [0.15, 0.2) is 0 Å². The first-order valence-corrected chi connectivity index (χ1v) is 8.72. The van der Waals surface area contributed by atoms with Gasteiger partial charge in [0, 0.05) is 0 Å². The van der Waals surface area contributed by atoms with E-state index in [1.807, 2.05) is 0 Å². The number of carbonyl (C=O) groups excluding carboxylic acids is 1. The molecule has 0 unspecified atom stereocenters. The Hall–Kier alpha value is -0.790. The Bertz CT molecular complexity index is 434. The van der Waals surface area contributed by atoms with Crippen LogP contribution in [0.5, 0.6) is 0 Å². The average Bonchev–Trinajstić information content (AvgIpc) is 2.66. The maximum atomic E-state index is 11.9. The molecule has 19 heavy (non-hydrogen) atoms. The SMILES string of the molecule is CCO[PH](O)(CNC(=O)c1sc(N)nc1C)OCC. The van der Waals surface area contributed by atoms with Crippen LogP contribution in [0.3, 0.4) is 0 Å². The van der Waals surface area contributed by atoms with Gasteiger partial charge in [-0.15, -0.1) is 0 Å². The number of rotatable bonds is 7. The van der Waals surface area contributed by atoms with Crippen molar-refractivity contribution in [2.75, 3.05) is 25.2 Å². The van der Waals surface area contributed by atoms with Gasteiger partial charge in [0.1, 0.15) is 0 Å². The van der Waals surface area contributed by atoms with E-state index in [1.165, 1.54) is 0 Å². The fourth-order valence-electron chi connectivity index (χ4n) is 1.50. The van der Waals surface area contributed by atoms with Crippen molar-refractivity contribution in [2.24, 2.45) is 0 Å². The maximum absolute atomic E-state index is 11.9. The van der Waals surface area contributed by atoms with Gasteiger partial charge in [-0.05, 0) is 0 Å².